The van der Waals surface area contributed by atoms with E-state index < -0.39 is 5.82 Å². The summed E-state index contributed by atoms with van der Waals surface area (Å²) < 4.78 is 21.1. The fourth-order valence-corrected chi connectivity index (χ4v) is 3.71. The maximum atomic E-state index is 13.9. The van der Waals surface area contributed by atoms with Gasteiger partial charge in [0.1, 0.15) is 23.9 Å². The molecule has 0 saturated carbocycles. The molecule has 0 aliphatic heterocycles. The van der Waals surface area contributed by atoms with Gasteiger partial charge in [0.15, 0.2) is 0 Å². The van der Waals surface area contributed by atoms with Gasteiger partial charge < -0.3 is 15.0 Å². The summed E-state index contributed by atoms with van der Waals surface area (Å²) in [4.78, 5) is 32.6. The molecule has 1 amide bonds. The zero-order chi connectivity index (χ0) is 24.1. The number of aromatic nitrogens is 2. The minimum absolute atomic E-state index is 0.0802. The van der Waals surface area contributed by atoms with Crippen LogP contribution in [0.1, 0.15) is 20.8 Å². The lowest BCUT2D eigenvalue weighted by molar-refractivity contribution is -0.122. The Morgan fingerprint density at radius 1 is 1.18 bits per heavy atom. The Bertz CT molecular complexity index is 1190. The molecule has 0 bridgehead atoms. The summed E-state index contributed by atoms with van der Waals surface area (Å²) in [7, 11) is 4.01. The van der Waals surface area contributed by atoms with E-state index in [1.807, 2.05) is 27.9 Å². The van der Waals surface area contributed by atoms with Gasteiger partial charge in [0.2, 0.25) is 5.91 Å². The molecule has 1 N–H and O–H groups in total. The highest BCUT2D eigenvalue weighted by molar-refractivity contribution is 5.83. The Kier molecular flexibility index (Phi) is 7.81. The minimum atomic E-state index is -0.449. The van der Waals surface area contributed by atoms with Crippen LogP contribution in [0.15, 0.2) is 47.3 Å². The minimum Gasteiger partial charge on any atom is -0.493 e. The second kappa shape index (κ2) is 10.6. The molecule has 1 atom stereocenters. The van der Waals surface area contributed by atoms with Crippen molar-refractivity contribution in [3.05, 3.63) is 58.6 Å². The number of carbonyl (C=O) groups is 1. The van der Waals surface area contributed by atoms with Crippen LogP contribution in [0.3, 0.4) is 0 Å². The van der Waals surface area contributed by atoms with Crippen LogP contribution in [0.4, 0.5) is 4.39 Å². The Morgan fingerprint density at radius 3 is 2.61 bits per heavy atom. The number of hydrogen-bond donors (Lipinski definition) is 1. The molecule has 2 aromatic carbocycles. The molecule has 1 aromatic heterocycles. The molecule has 0 aliphatic rings. The first-order valence-electron chi connectivity index (χ1n) is 11.0. The van der Waals surface area contributed by atoms with Gasteiger partial charge in [-0.2, -0.15) is 0 Å². The zero-order valence-electron chi connectivity index (χ0n) is 19.8. The number of carbonyl (C=O) groups excluding carboxylic acids is 1. The van der Waals surface area contributed by atoms with Crippen molar-refractivity contribution in [2.75, 3.05) is 27.2 Å². The van der Waals surface area contributed by atoms with Crippen molar-refractivity contribution in [1.29, 1.82) is 0 Å². The summed E-state index contributed by atoms with van der Waals surface area (Å²) in [6, 6.07) is 10.9. The molecule has 0 saturated heterocycles. The maximum absolute atomic E-state index is 13.9. The second-order valence-electron chi connectivity index (χ2n) is 8.92. The molecule has 0 fully saturated rings. The highest BCUT2D eigenvalue weighted by Gasteiger charge is 2.17. The van der Waals surface area contributed by atoms with Crippen LogP contribution < -0.4 is 15.6 Å². The van der Waals surface area contributed by atoms with Gasteiger partial charge in [-0.1, -0.05) is 19.1 Å². The van der Waals surface area contributed by atoms with Crippen molar-refractivity contribution in [2.45, 2.75) is 33.4 Å². The number of hydrogen-bond acceptors (Lipinski definition) is 5. The summed E-state index contributed by atoms with van der Waals surface area (Å²) in [5, 5.41) is 3.13. The third-order valence-electron chi connectivity index (χ3n) is 4.97. The highest BCUT2D eigenvalue weighted by Crippen LogP contribution is 2.23. The van der Waals surface area contributed by atoms with Gasteiger partial charge in [0, 0.05) is 24.1 Å². The van der Waals surface area contributed by atoms with E-state index in [1.54, 1.807) is 30.3 Å². The molecule has 0 aliphatic carbocycles. The Balaban J connectivity index is 2.04. The van der Waals surface area contributed by atoms with E-state index in [0.717, 1.165) is 6.54 Å². The first-order chi connectivity index (χ1) is 15.6. The third-order valence-corrected chi connectivity index (χ3v) is 4.97. The molecule has 33 heavy (non-hydrogen) atoms. The lowest BCUT2D eigenvalue weighted by Gasteiger charge is -2.18. The highest BCUT2D eigenvalue weighted by atomic mass is 19.1. The van der Waals surface area contributed by atoms with Gasteiger partial charge in [-0.15, -0.1) is 0 Å². The van der Waals surface area contributed by atoms with Crippen molar-refractivity contribution < 1.29 is 13.9 Å². The quantitative estimate of drug-likeness (QED) is 0.537. The molecule has 176 valence electrons. The first-order valence-corrected chi connectivity index (χ1v) is 11.0. The van der Waals surface area contributed by atoms with Crippen LogP contribution >= 0.6 is 0 Å². The van der Waals surface area contributed by atoms with Gasteiger partial charge in [0.05, 0.1) is 17.5 Å². The van der Waals surface area contributed by atoms with Crippen LogP contribution in [0.25, 0.3) is 22.3 Å². The van der Waals surface area contributed by atoms with E-state index in [9.17, 15) is 14.0 Å². The molecule has 0 spiro atoms. The number of halogens is 1. The van der Waals surface area contributed by atoms with E-state index >= 15 is 0 Å². The predicted molar refractivity (Wildman–Crippen MR) is 128 cm³/mol. The van der Waals surface area contributed by atoms with E-state index in [-0.39, 0.29) is 29.9 Å². The first kappa shape index (κ1) is 24.4. The second-order valence-corrected chi connectivity index (χ2v) is 8.92. The molecular weight excluding hydrogens is 423 g/mol. The van der Waals surface area contributed by atoms with Crippen LogP contribution in [-0.4, -0.2) is 53.6 Å². The van der Waals surface area contributed by atoms with E-state index in [0.29, 0.717) is 34.7 Å². The molecule has 7 nitrogen and oxygen atoms in total. The SMILES string of the molecule is CC(COc1ccc2nc(-c3cccc(F)c3)n(CC(=O)NC(C)C)c(=O)c2c1)CN(C)C. The van der Waals surface area contributed by atoms with Crippen LogP contribution in [0.5, 0.6) is 5.75 Å². The Morgan fingerprint density at radius 2 is 1.94 bits per heavy atom. The normalized spacial score (nSPS) is 12.4. The fourth-order valence-electron chi connectivity index (χ4n) is 3.71. The summed E-state index contributed by atoms with van der Waals surface area (Å²) >= 11 is 0. The molecule has 8 heteroatoms. The van der Waals surface area contributed by atoms with E-state index in [2.05, 4.69) is 22.1 Å². The number of ether oxygens (including phenoxy) is 1. The van der Waals surface area contributed by atoms with Crippen molar-refractivity contribution in [2.24, 2.45) is 5.92 Å². The number of fused-ring (bicyclic) bond motifs is 1. The van der Waals surface area contributed by atoms with Crippen LogP contribution in [0, 0.1) is 11.7 Å². The molecule has 0 radical (unpaired) electrons. The number of nitrogens with one attached hydrogen (secondary N) is 1. The predicted octanol–water partition coefficient (Wildman–Crippen LogP) is 3.30. The van der Waals surface area contributed by atoms with Crippen molar-refractivity contribution in [3.8, 4) is 17.1 Å². The molecule has 3 rings (SSSR count). The van der Waals surface area contributed by atoms with Gasteiger partial charge >= 0.3 is 0 Å². The molecule has 1 heterocycles. The zero-order valence-corrected chi connectivity index (χ0v) is 19.8. The van der Waals surface area contributed by atoms with Crippen molar-refractivity contribution in [3.63, 3.8) is 0 Å². The fraction of sp³-hybridized carbons (Fsp3) is 0.400. The van der Waals surface area contributed by atoms with Gasteiger partial charge in [-0.05, 0) is 58.3 Å². The monoisotopic (exact) mass is 454 g/mol. The maximum Gasteiger partial charge on any atom is 0.262 e. The average Bonchev–Trinajstić information content (AvgIpc) is 2.73. The van der Waals surface area contributed by atoms with Gasteiger partial charge in [-0.25, -0.2) is 9.37 Å². The summed E-state index contributed by atoms with van der Waals surface area (Å²) in [5.41, 5.74) is 0.489. The lowest BCUT2D eigenvalue weighted by atomic mass is 10.1. The van der Waals surface area contributed by atoms with Crippen molar-refractivity contribution in [1.82, 2.24) is 19.8 Å². The summed E-state index contributed by atoms with van der Waals surface area (Å²) in [6.07, 6.45) is 0. The number of benzene rings is 2. The average molecular weight is 455 g/mol. The number of amides is 1. The Labute approximate surface area is 193 Å². The summed E-state index contributed by atoms with van der Waals surface area (Å²) in [5.74, 6) is 0.329. The van der Waals surface area contributed by atoms with Gasteiger partial charge in [0.25, 0.3) is 5.56 Å². The van der Waals surface area contributed by atoms with E-state index in [1.165, 1.54) is 16.7 Å². The lowest BCUT2D eigenvalue weighted by Crippen LogP contribution is -2.37. The van der Waals surface area contributed by atoms with Crippen LogP contribution in [0.2, 0.25) is 0 Å². The standard InChI is InChI=1S/C25H31FN4O3/c1-16(2)27-23(31)14-30-24(18-7-6-8-19(26)11-18)28-22-10-9-20(12-21(22)25(30)32)33-15-17(3)13-29(4)5/h6-12,16-17H,13-15H2,1-5H3,(H,27,31). The third kappa shape index (κ3) is 6.38. The number of nitrogens with zero attached hydrogens (tertiary/aromatic N) is 3. The molecular formula is C25H31FN4O3. The number of rotatable bonds is 9. The smallest absolute Gasteiger partial charge is 0.262 e. The van der Waals surface area contributed by atoms with Crippen LogP contribution in [-0.2, 0) is 11.3 Å². The molecule has 3 aromatic rings. The molecule has 1 unspecified atom stereocenters. The largest absolute Gasteiger partial charge is 0.493 e. The van der Waals surface area contributed by atoms with Crippen molar-refractivity contribution >= 4 is 16.8 Å². The van der Waals surface area contributed by atoms with E-state index in [4.69, 9.17) is 4.74 Å². The Hall–Kier alpha value is -3.26. The summed E-state index contributed by atoms with van der Waals surface area (Å²) in [6.45, 7) is 6.93. The van der Waals surface area contributed by atoms with Gasteiger partial charge in [-0.3, -0.25) is 14.2 Å². The topological polar surface area (TPSA) is 76.5 Å².